The first kappa shape index (κ1) is 24.9. The van der Waals surface area contributed by atoms with Crippen molar-refractivity contribution >= 4 is 35.2 Å². The van der Waals surface area contributed by atoms with E-state index in [0.717, 1.165) is 16.0 Å². The predicted octanol–water partition coefficient (Wildman–Crippen LogP) is 5.52. The number of hydrogen-bond donors (Lipinski definition) is 1. The van der Waals surface area contributed by atoms with Crippen molar-refractivity contribution in [3.8, 4) is 0 Å². The van der Waals surface area contributed by atoms with E-state index in [4.69, 9.17) is 11.6 Å². The molecule has 33 heavy (non-hydrogen) atoms. The van der Waals surface area contributed by atoms with Crippen molar-refractivity contribution in [2.45, 2.75) is 37.2 Å². The molecule has 1 N–H and O–H groups in total. The van der Waals surface area contributed by atoms with Gasteiger partial charge in [0.15, 0.2) is 0 Å². The monoisotopic (exact) mass is 480 g/mol. The van der Waals surface area contributed by atoms with Gasteiger partial charge in [0.05, 0.1) is 0 Å². The van der Waals surface area contributed by atoms with Crippen molar-refractivity contribution in [3.63, 3.8) is 0 Å². The second kappa shape index (κ2) is 12.5. The highest BCUT2D eigenvalue weighted by atomic mass is 35.5. The number of nitrogens with zero attached hydrogens (tertiary/aromatic N) is 1. The quantitative estimate of drug-likeness (QED) is 0.389. The number of halogens is 1. The SMILES string of the molecule is CNC(=O)C(Cc1ccccc1)N(Cc1cccc(Cl)c1)C(=O)CCSc1ccc(C)cc1. The number of amides is 2. The lowest BCUT2D eigenvalue weighted by Gasteiger charge is -2.31. The molecule has 3 aromatic rings. The molecule has 0 saturated carbocycles. The first-order chi connectivity index (χ1) is 16.0. The van der Waals surface area contributed by atoms with Crippen LogP contribution in [0.1, 0.15) is 23.1 Å². The summed E-state index contributed by atoms with van der Waals surface area (Å²) < 4.78 is 0. The lowest BCUT2D eigenvalue weighted by atomic mass is 10.0. The highest BCUT2D eigenvalue weighted by Crippen LogP contribution is 2.22. The van der Waals surface area contributed by atoms with E-state index < -0.39 is 6.04 Å². The van der Waals surface area contributed by atoms with Gasteiger partial charge in [-0.05, 0) is 42.3 Å². The zero-order chi connectivity index (χ0) is 23.6. The van der Waals surface area contributed by atoms with Crippen molar-refractivity contribution in [3.05, 3.63) is 101 Å². The highest BCUT2D eigenvalue weighted by molar-refractivity contribution is 7.99. The standard InChI is InChI=1S/C27H29ClN2O2S/c1-20-11-13-24(14-12-20)33-16-15-26(31)30(19-22-9-6-10-23(28)17-22)25(27(32)29-2)18-21-7-4-3-5-8-21/h3-14,17,25H,15-16,18-19H2,1-2H3,(H,29,32). The van der Waals surface area contributed by atoms with Crippen LogP contribution in [0.25, 0.3) is 0 Å². The first-order valence-electron chi connectivity index (χ1n) is 10.9. The fourth-order valence-corrected chi connectivity index (χ4v) is 4.64. The Kier molecular flexibility index (Phi) is 9.40. The molecule has 1 unspecified atom stereocenters. The van der Waals surface area contributed by atoms with Gasteiger partial charge in [0, 0.05) is 42.1 Å². The number of benzene rings is 3. The van der Waals surface area contributed by atoms with E-state index in [-0.39, 0.29) is 11.8 Å². The molecule has 0 saturated heterocycles. The molecule has 3 aromatic carbocycles. The van der Waals surface area contributed by atoms with E-state index in [9.17, 15) is 9.59 Å². The Balaban J connectivity index is 1.80. The number of likely N-dealkylation sites (N-methyl/N-ethyl adjacent to an activating group) is 1. The minimum absolute atomic E-state index is 0.0564. The summed E-state index contributed by atoms with van der Waals surface area (Å²) in [4.78, 5) is 29.2. The lowest BCUT2D eigenvalue weighted by Crippen LogP contribution is -2.49. The van der Waals surface area contributed by atoms with Crippen molar-refractivity contribution in [2.75, 3.05) is 12.8 Å². The molecule has 0 fully saturated rings. The lowest BCUT2D eigenvalue weighted by molar-refractivity contribution is -0.140. The second-order valence-corrected chi connectivity index (χ2v) is 9.49. The Morgan fingerprint density at radius 2 is 1.67 bits per heavy atom. The number of carbonyl (C=O) groups is 2. The van der Waals surface area contributed by atoms with Crippen LogP contribution < -0.4 is 5.32 Å². The molecular formula is C27H29ClN2O2S. The van der Waals surface area contributed by atoms with Crippen LogP contribution in [-0.2, 0) is 22.6 Å². The number of nitrogens with one attached hydrogen (secondary N) is 1. The third-order valence-corrected chi connectivity index (χ3v) is 6.61. The molecule has 1 atom stereocenters. The van der Waals surface area contributed by atoms with Gasteiger partial charge in [-0.25, -0.2) is 0 Å². The Morgan fingerprint density at radius 3 is 2.33 bits per heavy atom. The Labute approximate surface area is 205 Å². The molecule has 172 valence electrons. The maximum absolute atomic E-state index is 13.4. The molecular weight excluding hydrogens is 452 g/mol. The van der Waals surface area contributed by atoms with E-state index in [1.165, 1.54) is 5.56 Å². The summed E-state index contributed by atoms with van der Waals surface area (Å²) in [6, 6.07) is 24.9. The predicted molar refractivity (Wildman–Crippen MR) is 137 cm³/mol. The fourth-order valence-electron chi connectivity index (χ4n) is 3.59. The molecule has 0 aliphatic carbocycles. The molecule has 4 nitrogen and oxygen atoms in total. The molecule has 0 radical (unpaired) electrons. The van der Waals surface area contributed by atoms with Crippen LogP contribution in [0.3, 0.4) is 0 Å². The average molecular weight is 481 g/mol. The summed E-state index contributed by atoms with van der Waals surface area (Å²) in [5.74, 6) is 0.402. The van der Waals surface area contributed by atoms with Crippen molar-refractivity contribution in [2.24, 2.45) is 0 Å². The van der Waals surface area contributed by atoms with Gasteiger partial charge >= 0.3 is 0 Å². The molecule has 0 heterocycles. The van der Waals surface area contributed by atoms with E-state index >= 15 is 0 Å². The van der Waals surface area contributed by atoms with E-state index in [1.54, 1.807) is 29.8 Å². The molecule has 0 spiro atoms. The molecule has 0 aromatic heterocycles. The van der Waals surface area contributed by atoms with E-state index in [1.807, 2.05) is 48.5 Å². The van der Waals surface area contributed by atoms with Crippen LogP contribution in [-0.4, -0.2) is 35.6 Å². The van der Waals surface area contributed by atoms with Gasteiger partial charge in [0.1, 0.15) is 6.04 Å². The molecule has 6 heteroatoms. The summed E-state index contributed by atoms with van der Waals surface area (Å²) in [7, 11) is 1.61. The topological polar surface area (TPSA) is 49.4 Å². The second-order valence-electron chi connectivity index (χ2n) is 7.88. The zero-order valence-corrected chi connectivity index (χ0v) is 20.5. The number of thioether (sulfide) groups is 1. The number of aryl methyl sites for hydroxylation is 1. The van der Waals surface area contributed by atoms with Crippen molar-refractivity contribution < 1.29 is 9.59 Å². The maximum Gasteiger partial charge on any atom is 0.242 e. The zero-order valence-electron chi connectivity index (χ0n) is 19.0. The van der Waals surface area contributed by atoms with Gasteiger partial charge in [-0.15, -0.1) is 11.8 Å². The van der Waals surface area contributed by atoms with Crippen LogP contribution in [0.2, 0.25) is 5.02 Å². The van der Waals surface area contributed by atoms with Crippen LogP contribution in [0.5, 0.6) is 0 Å². The number of hydrogen-bond acceptors (Lipinski definition) is 3. The number of carbonyl (C=O) groups excluding carboxylic acids is 2. The van der Waals surface area contributed by atoms with Gasteiger partial charge < -0.3 is 10.2 Å². The van der Waals surface area contributed by atoms with Crippen LogP contribution >= 0.6 is 23.4 Å². The van der Waals surface area contributed by atoms with Crippen molar-refractivity contribution in [1.82, 2.24) is 10.2 Å². The Morgan fingerprint density at radius 1 is 0.970 bits per heavy atom. The highest BCUT2D eigenvalue weighted by Gasteiger charge is 2.29. The van der Waals surface area contributed by atoms with Gasteiger partial charge in [-0.1, -0.05) is 71.8 Å². The minimum atomic E-state index is -0.617. The Bertz CT molecular complexity index is 1060. The third-order valence-electron chi connectivity index (χ3n) is 5.37. The third kappa shape index (κ3) is 7.65. The Hall–Kier alpha value is -2.76. The summed E-state index contributed by atoms with van der Waals surface area (Å²) in [6.45, 7) is 2.37. The summed E-state index contributed by atoms with van der Waals surface area (Å²) in [5, 5.41) is 3.35. The molecule has 0 aliphatic heterocycles. The minimum Gasteiger partial charge on any atom is -0.357 e. The molecule has 2 amide bonds. The average Bonchev–Trinajstić information content (AvgIpc) is 2.82. The van der Waals surface area contributed by atoms with E-state index in [0.29, 0.717) is 30.2 Å². The van der Waals surface area contributed by atoms with Gasteiger partial charge in [-0.2, -0.15) is 0 Å². The van der Waals surface area contributed by atoms with E-state index in [2.05, 4.69) is 36.5 Å². The molecule has 0 aliphatic rings. The van der Waals surface area contributed by atoms with Crippen LogP contribution in [0.15, 0.2) is 83.8 Å². The number of rotatable bonds is 10. The normalized spacial score (nSPS) is 11.6. The largest absolute Gasteiger partial charge is 0.357 e. The van der Waals surface area contributed by atoms with Gasteiger partial charge in [-0.3, -0.25) is 9.59 Å². The van der Waals surface area contributed by atoms with Gasteiger partial charge in [0.2, 0.25) is 11.8 Å². The smallest absolute Gasteiger partial charge is 0.242 e. The summed E-state index contributed by atoms with van der Waals surface area (Å²) in [6.07, 6.45) is 0.777. The first-order valence-corrected chi connectivity index (χ1v) is 12.3. The summed E-state index contributed by atoms with van der Waals surface area (Å²) in [5.41, 5.74) is 3.10. The van der Waals surface area contributed by atoms with Crippen LogP contribution in [0, 0.1) is 6.92 Å². The maximum atomic E-state index is 13.4. The van der Waals surface area contributed by atoms with Crippen LogP contribution in [0.4, 0.5) is 0 Å². The van der Waals surface area contributed by atoms with Crippen molar-refractivity contribution in [1.29, 1.82) is 0 Å². The molecule has 3 rings (SSSR count). The van der Waals surface area contributed by atoms with Gasteiger partial charge in [0.25, 0.3) is 0 Å². The molecule has 0 bridgehead atoms. The summed E-state index contributed by atoms with van der Waals surface area (Å²) >= 11 is 7.83. The fraction of sp³-hybridized carbons (Fsp3) is 0.259.